The Hall–Kier alpha value is -0.940. The number of ether oxygens (including phenoxy) is 1. The lowest BCUT2D eigenvalue weighted by atomic mass is 10.1. The molecule has 0 bridgehead atoms. The Morgan fingerprint density at radius 1 is 1.26 bits per heavy atom. The molecule has 1 unspecified atom stereocenters. The third-order valence-corrected chi connectivity index (χ3v) is 4.13. The molecule has 2 N–H and O–H groups in total. The summed E-state index contributed by atoms with van der Waals surface area (Å²) < 4.78 is 6.60. The SMILES string of the molecule is NCC(OCCCc1ccncc1)c1ccc(Cl)s1. The van der Waals surface area contributed by atoms with E-state index in [0.717, 1.165) is 22.1 Å². The molecule has 0 spiro atoms. The Morgan fingerprint density at radius 2 is 2.05 bits per heavy atom. The van der Waals surface area contributed by atoms with Gasteiger partial charge in [0.1, 0.15) is 6.10 Å². The Kier molecular flexibility index (Phi) is 5.79. The minimum Gasteiger partial charge on any atom is -0.371 e. The molecule has 2 heterocycles. The molecule has 0 aliphatic heterocycles. The number of hydrogen-bond donors (Lipinski definition) is 1. The van der Waals surface area contributed by atoms with Crippen LogP contribution in [0.3, 0.4) is 0 Å². The smallest absolute Gasteiger partial charge is 0.104 e. The van der Waals surface area contributed by atoms with Gasteiger partial charge in [0, 0.05) is 30.4 Å². The zero-order valence-electron chi connectivity index (χ0n) is 10.6. The number of nitrogens with two attached hydrogens (primary N) is 1. The maximum absolute atomic E-state index is 5.92. The molecule has 0 amide bonds. The van der Waals surface area contributed by atoms with E-state index in [2.05, 4.69) is 4.98 Å². The molecule has 3 nitrogen and oxygen atoms in total. The summed E-state index contributed by atoms with van der Waals surface area (Å²) in [4.78, 5) is 5.09. The van der Waals surface area contributed by atoms with Crippen LogP contribution in [0.5, 0.6) is 0 Å². The van der Waals surface area contributed by atoms with Crippen LogP contribution >= 0.6 is 22.9 Å². The van der Waals surface area contributed by atoms with Crippen molar-refractivity contribution >= 4 is 22.9 Å². The quantitative estimate of drug-likeness (QED) is 0.796. The second kappa shape index (κ2) is 7.60. The second-order valence-corrected chi connectivity index (χ2v) is 5.94. The van der Waals surface area contributed by atoms with E-state index in [1.807, 2.05) is 36.7 Å². The topological polar surface area (TPSA) is 48.1 Å². The minimum atomic E-state index is -0.0464. The summed E-state index contributed by atoms with van der Waals surface area (Å²) in [7, 11) is 0. The lowest BCUT2D eigenvalue weighted by molar-refractivity contribution is 0.0595. The van der Waals surface area contributed by atoms with Crippen LogP contribution in [0.15, 0.2) is 36.7 Å². The van der Waals surface area contributed by atoms with E-state index in [9.17, 15) is 0 Å². The largest absolute Gasteiger partial charge is 0.371 e. The van der Waals surface area contributed by atoms with Crippen molar-refractivity contribution < 1.29 is 4.74 Å². The van der Waals surface area contributed by atoms with Crippen molar-refractivity contribution in [2.75, 3.05) is 13.2 Å². The van der Waals surface area contributed by atoms with Crippen LogP contribution in [0, 0.1) is 0 Å². The Morgan fingerprint density at radius 3 is 2.68 bits per heavy atom. The van der Waals surface area contributed by atoms with Crippen molar-refractivity contribution in [3.63, 3.8) is 0 Å². The normalized spacial score (nSPS) is 12.5. The van der Waals surface area contributed by atoms with E-state index in [0.29, 0.717) is 13.2 Å². The molecule has 0 radical (unpaired) electrons. The van der Waals surface area contributed by atoms with E-state index in [1.54, 1.807) is 0 Å². The van der Waals surface area contributed by atoms with Gasteiger partial charge >= 0.3 is 0 Å². The number of aryl methyl sites for hydroxylation is 1. The summed E-state index contributed by atoms with van der Waals surface area (Å²) in [6, 6.07) is 7.91. The van der Waals surface area contributed by atoms with Crippen molar-refractivity contribution in [3.05, 3.63) is 51.4 Å². The van der Waals surface area contributed by atoms with E-state index in [4.69, 9.17) is 22.1 Å². The van der Waals surface area contributed by atoms with Crippen molar-refractivity contribution in [1.29, 1.82) is 0 Å². The molecule has 0 saturated heterocycles. The molecule has 0 fully saturated rings. The van der Waals surface area contributed by atoms with Gasteiger partial charge < -0.3 is 10.5 Å². The first-order chi connectivity index (χ1) is 9.29. The predicted molar refractivity (Wildman–Crippen MR) is 79.6 cm³/mol. The van der Waals surface area contributed by atoms with Gasteiger partial charge in [-0.1, -0.05) is 11.6 Å². The van der Waals surface area contributed by atoms with Gasteiger partial charge in [0.15, 0.2) is 0 Å². The molecule has 19 heavy (non-hydrogen) atoms. The van der Waals surface area contributed by atoms with Crippen LogP contribution in [0.2, 0.25) is 4.34 Å². The van der Waals surface area contributed by atoms with E-state index < -0.39 is 0 Å². The lowest BCUT2D eigenvalue weighted by Gasteiger charge is -2.14. The summed E-state index contributed by atoms with van der Waals surface area (Å²) in [5, 5.41) is 0. The molecule has 2 aromatic rings. The molecule has 1 atom stereocenters. The first kappa shape index (κ1) is 14.5. The summed E-state index contributed by atoms with van der Waals surface area (Å²) in [6.07, 6.45) is 5.54. The highest BCUT2D eigenvalue weighted by molar-refractivity contribution is 7.16. The molecule has 5 heteroatoms. The van der Waals surface area contributed by atoms with Crippen LogP contribution in [0.25, 0.3) is 0 Å². The maximum Gasteiger partial charge on any atom is 0.104 e. The standard InChI is InChI=1S/C14H17ClN2OS/c15-14-4-3-13(19-14)12(10-16)18-9-1-2-11-5-7-17-8-6-11/h3-8,12H,1-2,9-10,16H2. The summed E-state index contributed by atoms with van der Waals surface area (Å²) in [5.41, 5.74) is 7.02. The molecule has 0 aromatic carbocycles. The van der Waals surface area contributed by atoms with Gasteiger partial charge in [0.2, 0.25) is 0 Å². The molecule has 0 aliphatic carbocycles. The van der Waals surface area contributed by atoms with Crippen molar-refractivity contribution in [1.82, 2.24) is 4.98 Å². The van der Waals surface area contributed by atoms with Crippen molar-refractivity contribution in [2.24, 2.45) is 5.73 Å². The third kappa shape index (κ3) is 4.58. The van der Waals surface area contributed by atoms with Crippen LogP contribution in [-0.2, 0) is 11.2 Å². The molecule has 0 aliphatic rings. The van der Waals surface area contributed by atoms with Gasteiger partial charge in [0.05, 0.1) is 4.34 Å². The summed E-state index contributed by atoms with van der Waals surface area (Å²) in [6.45, 7) is 1.17. The zero-order valence-corrected chi connectivity index (χ0v) is 12.2. The molecular formula is C14H17ClN2OS. The number of aromatic nitrogens is 1. The van der Waals surface area contributed by atoms with Crippen LogP contribution in [0.4, 0.5) is 0 Å². The molecule has 0 saturated carbocycles. The summed E-state index contributed by atoms with van der Waals surface area (Å²) >= 11 is 7.45. The Balaban J connectivity index is 1.75. The van der Waals surface area contributed by atoms with Gasteiger partial charge in [0.25, 0.3) is 0 Å². The number of rotatable bonds is 7. The summed E-state index contributed by atoms with van der Waals surface area (Å²) in [5.74, 6) is 0. The minimum absolute atomic E-state index is 0.0464. The fraction of sp³-hybridized carbons (Fsp3) is 0.357. The maximum atomic E-state index is 5.92. The van der Waals surface area contributed by atoms with Gasteiger partial charge in [-0.05, 0) is 42.7 Å². The number of halogens is 1. The molecule has 2 aromatic heterocycles. The average molecular weight is 297 g/mol. The molecular weight excluding hydrogens is 280 g/mol. The molecule has 2 rings (SSSR count). The van der Waals surface area contributed by atoms with Gasteiger partial charge in [-0.15, -0.1) is 11.3 Å². The average Bonchev–Trinajstić information content (AvgIpc) is 2.86. The zero-order chi connectivity index (χ0) is 13.5. The molecule has 102 valence electrons. The van der Waals surface area contributed by atoms with Crippen LogP contribution < -0.4 is 5.73 Å². The predicted octanol–water partition coefficient (Wildman–Crippen LogP) is 3.45. The number of pyridine rings is 1. The fourth-order valence-electron chi connectivity index (χ4n) is 1.82. The van der Waals surface area contributed by atoms with Gasteiger partial charge in [-0.2, -0.15) is 0 Å². The Labute approximate surface area is 122 Å². The van der Waals surface area contributed by atoms with Crippen molar-refractivity contribution in [3.8, 4) is 0 Å². The first-order valence-corrected chi connectivity index (χ1v) is 7.45. The second-order valence-electron chi connectivity index (χ2n) is 4.20. The monoisotopic (exact) mass is 296 g/mol. The van der Waals surface area contributed by atoms with E-state index >= 15 is 0 Å². The van der Waals surface area contributed by atoms with Gasteiger partial charge in [-0.25, -0.2) is 0 Å². The van der Waals surface area contributed by atoms with E-state index in [1.165, 1.54) is 16.9 Å². The highest BCUT2D eigenvalue weighted by atomic mass is 35.5. The third-order valence-electron chi connectivity index (χ3n) is 2.80. The lowest BCUT2D eigenvalue weighted by Crippen LogP contribution is -2.15. The highest BCUT2D eigenvalue weighted by Gasteiger charge is 2.12. The first-order valence-electron chi connectivity index (χ1n) is 6.25. The highest BCUT2D eigenvalue weighted by Crippen LogP contribution is 2.28. The number of nitrogens with zero attached hydrogens (tertiary/aromatic N) is 1. The number of hydrogen-bond acceptors (Lipinski definition) is 4. The van der Waals surface area contributed by atoms with E-state index in [-0.39, 0.29) is 6.10 Å². The number of thiophene rings is 1. The van der Waals surface area contributed by atoms with Crippen LogP contribution in [0.1, 0.15) is 23.0 Å². The van der Waals surface area contributed by atoms with Gasteiger partial charge in [-0.3, -0.25) is 4.98 Å². The fourth-order valence-corrected chi connectivity index (χ4v) is 2.94. The van der Waals surface area contributed by atoms with Crippen molar-refractivity contribution in [2.45, 2.75) is 18.9 Å². The Bertz CT molecular complexity index is 489. The van der Waals surface area contributed by atoms with Crippen LogP contribution in [-0.4, -0.2) is 18.1 Å².